The number of aromatic nitrogens is 1. The number of hydrogen-bond donors (Lipinski definition) is 0. The van der Waals surface area contributed by atoms with Crippen molar-refractivity contribution in [1.82, 2.24) is 4.98 Å². The van der Waals surface area contributed by atoms with E-state index >= 15 is 0 Å². The molecule has 8 nitrogen and oxygen atoms in total. The summed E-state index contributed by atoms with van der Waals surface area (Å²) in [7, 11) is -0.0776. The number of halogens is 2. The van der Waals surface area contributed by atoms with E-state index in [0.29, 0.717) is 0 Å². The molecule has 0 aliphatic carbocycles. The number of ether oxygens (including phenoxy) is 1. The van der Waals surface area contributed by atoms with Gasteiger partial charge in [-0.1, -0.05) is 23.2 Å². The number of carbonyl (C=O) groups excluding carboxylic acids is 1. The van der Waals surface area contributed by atoms with Gasteiger partial charge in [0.15, 0.2) is 5.82 Å². The molecular formula is C13H19Cl2N2O6P. The molecule has 1 amide bonds. The molecule has 136 valence electrons. The molecule has 1 aromatic rings. The summed E-state index contributed by atoms with van der Waals surface area (Å²) in [6.07, 6.45) is 0. The summed E-state index contributed by atoms with van der Waals surface area (Å²) in [6, 6.07) is 1.09. The summed E-state index contributed by atoms with van der Waals surface area (Å²) < 4.78 is 31.1. The zero-order valence-electron chi connectivity index (χ0n) is 13.9. The minimum Gasteiger partial charge on any atom is -0.481 e. The maximum absolute atomic E-state index is 12.5. The van der Waals surface area contributed by atoms with Crippen LogP contribution < -0.4 is 9.64 Å². The van der Waals surface area contributed by atoms with Crippen molar-refractivity contribution in [2.75, 3.05) is 32.8 Å². The van der Waals surface area contributed by atoms with E-state index < -0.39 is 20.3 Å². The number of anilines is 1. The third-order valence-electron chi connectivity index (χ3n) is 2.89. The lowest BCUT2D eigenvalue weighted by atomic mass is 10.3. The molecule has 1 rings (SSSR count). The Morgan fingerprint density at radius 2 is 1.88 bits per heavy atom. The molecule has 0 N–H and O–H groups in total. The molecule has 0 bridgehead atoms. The average Bonchev–Trinajstić information content (AvgIpc) is 2.56. The molecule has 11 heteroatoms. The first-order chi connectivity index (χ1) is 11.2. The van der Waals surface area contributed by atoms with Crippen LogP contribution in [0.2, 0.25) is 10.0 Å². The molecule has 0 unspecified atom stereocenters. The molecule has 1 aromatic heterocycles. The maximum Gasteiger partial charge on any atom is 0.474 e. The predicted octanol–water partition coefficient (Wildman–Crippen LogP) is 3.56. The Morgan fingerprint density at radius 3 is 2.33 bits per heavy atom. The number of methoxy groups -OCH3 is 1. The molecule has 0 aliphatic heterocycles. The van der Waals surface area contributed by atoms with E-state index in [0.717, 1.165) is 14.2 Å². The average molecular weight is 401 g/mol. The Balaban J connectivity index is 3.14. The van der Waals surface area contributed by atoms with E-state index in [9.17, 15) is 9.36 Å². The molecule has 0 atom stereocenters. The smallest absolute Gasteiger partial charge is 0.474 e. The first-order valence-electron chi connectivity index (χ1n) is 6.77. The topological polar surface area (TPSA) is 87.2 Å². The zero-order chi connectivity index (χ0) is 18.5. The van der Waals surface area contributed by atoms with E-state index in [1.807, 2.05) is 0 Å². The molecular weight excluding hydrogens is 382 g/mol. The van der Waals surface area contributed by atoms with Crippen LogP contribution in [0.3, 0.4) is 0 Å². The van der Waals surface area contributed by atoms with Crippen LogP contribution in [0.1, 0.15) is 13.8 Å². The number of hydrogen-bond acceptors (Lipinski definition) is 7. The van der Waals surface area contributed by atoms with Crippen LogP contribution in [-0.4, -0.2) is 44.9 Å². The Kier molecular flexibility index (Phi) is 7.92. The lowest BCUT2D eigenvalue weighted by molar-refractivity contribution is -0.121. The van der Waals surface area contributed by atoms with Gasteiger partial charge >= 0.3 is 7.82 Å². The van der Waals surface area contributed by atoms with Gasteiger partial charge in [-0.05, 0) is 13.8 Å². The van der Waals surface area contributed by atoms with Crippen LogP contribution in [0, 0.1) is 0 Å². The lowest BCUT2D eigenvalue weighted by Gasteiger charge is -2.27. The first kappa shape index (κ1) is 21.2. The minimum absolute atomic E-state index is 0.0844. The van der Waals surface area contributed by atoms with Crippen molar-refractivity contribution in [2.24, 2.45) is 0 Å². The van der Waals surface area contributed by atoms with Gasteiger partial charge in [0, 0.05) is 26.3 Å². The number of nitrogens with zero attached hydrogens (tertiary/aromatic N) is 2. The van der Waals surface area contributed by atoms with E-state index in [1.165, 1.54) is 18.1 Å². The van der Waals surface area contributed by atoms with Gasteiger partial charge in [0.1, 0.15) is 11.6 Å². The van der Waals surface area contributed by atoms with Crippen LogP contribution in [0.15, 0.2) is 6.07 Å². The van der Waals surface area contributed by atoms with Crippen molar-refractivity contribution in [3.63, 3.8) is 0 Å². The van der Waals surface area contributed by atoms with Gasteiger partial charge in [-0.3, -0.25) is 23.3 Å². The van der Waals surface area contributed by atoms with Crippen molar-refractivity contribution in [3.05, 3.63) is 16.1 Å². The van der Waals surface area contributed by atoms with Gasteiger partial charge in [0.2, 0.25) is 5.88 Å². The van der Waals surface area contributed by atoms with E-state index in [4.69, 9.17) is 32.5 Å². The molecule has 0 radical (unpaired) electrons. The fourth-order valence-corrected chi connectivity index (χ4v) is 2.76. The van der Waals surface area contributed by atoms with Gasteiger partial charge in [-0.2, -0.15) is 4.98 Å². The highest BCUT2D eigenvalue weighted by molar-refractivity contribution is 7.48. The minimum atomic E-state index is -3.78. The SMILES string of the molecule is COc1cc(Cl)c(Cl)c(N(C(=O)COP(=O)(OC)OC)C(C)C)n1. The summed E-state index contributed by atoms with van der Waals surface area (Å²) in [5.41, 5.74) is 0. The number of rotatable bonds is 8. The van der Waals surface area contributed by atoms with E-state index in [2.05, 4.69) is 14.0 Å². The number of amides is 1. The van der Waals surface area contributed by atoms with Crippen LogP contribution in [0.5, 0.6) is 5.88 Å². The fourth-order valence-electron chi connectivity index (χ4n) is 1.76. The van der Waals surface area contributed by atoms with Gasteiger partial charge in [0.05, 0.1) is 12.1 Å². The second kappa shape index (κ2) is 8.99. The lowest BCUT2D eigenvalue weighted by Crippen LogP contribution is -2.40. The molecule has 0 aromatic carbocycles. The largest absolute Gasteiger partial charge is 0.481 e. The quantitative estimate of drug-likeness (QED) is 0.616. The standard InChI is InChI=1S/C13H19Cl2N2O6P/c1-8(2)17(11(18)7-23-24(19,21-4)22-5)13-12(15)9(14)6-10(16-13)20-3/h6,8H,7H2,1-5H3. The molecule has 0 saturated heterocycles. The number of carbonyl (C=O) groups is 1. The normalized spacial score (nSPS) is 11.7. The number of pyridine rings is 1. The molecule has 0 fully saturated rings. The van der Waals surface area contributed by atoms with Gasteiger partial charge < -0.3 is 4.74 Å². The summed E-state index contributed by atoms with van der Waals surface area (Å²) in [4.78, 5) is 17.9. The summed E-state index contributed by atoms with van der Waals surface area (Å²) in [5.74, 6) is -0.259. The van der Waals surface area contributed by atoms with E-state index in [-0.39, 0.29) is 27.8 Å². The molecule has 24 heavy (non-hydrogen) atoms. The zero-order valence-corrected chi connectivity index (χ0v) is 16.3. The second-order valence-electron chi connectivity index (χ2n) is 4.73. The summed E-state index contributed by atoms with van der Waals surface area (Å²) >= 11 is 12.2. The summed E-state index contributed by atoms with van der Waals surface area (Å²) in [6.45, 7) is 2.93. The van der Waals surface area contributed by atoms with Crippen LogP contribution >= 0.6 is 31.0 Å². The number of phosphoric acid groups is 1. The highest BCUT2D eigenvalue weighted by Gasteiger charge is 2.29. The van der Waals surface area contributed by atoms with Crippen LogP contribution in [0.4, 0.5) is 5.82 Å². The first-order valence-corrected chi connectivity index (χ1v) is 8.98. The van der Waals surface area contributed by atoms with Crippen molar-refractivity contribution < 1.29 is 27.7 Å². The maximum atomic E-state index is 12.5. The van der Waals surface area contributed by atoms with Crippen molar-refractivity contribution >= 4 is 42.7 Å². The third-order valence-corrected chi connectivity index (χ3v) is 5.00. The third kappa shape index (κ3) is 5.05. The molecule has 0 spiro atoms. The Hall–Kier alpha value is -0.890. The fraction of sp³-hybridized carbons (Fsp3) is 0.538. The van der Waals surface area contributed by atoms with Crippen molar-refractivity contribution in [3.8, 4) is 5.88 Å². The Bertz CT molecular complexity index is 635. The van der Waals surface area contributed by atoms with Gasteiger partial charge in [-0.25, -0.2) is 4.57 Å². The van der Waals surface area contributed by atoms with Gasteiger partial charge in [-0.15, -0.1) is 0 Å². The molecule has 1 heterocycles. The summed E-state index contributed by atoms with van der Waals surface area (Å²) in [5, 5.41) is 0.263. The van der Waals surface area contributed by atoms with Crippen molar-refractivity contribution in [1.29, 1.82) is 0 Å². The Morgan fingerprint density at radius 1 is 1.29 bits per heavy atom. The predicted molar refractivity (Wildman–Crippen MR) is 91.0 cm³/mol. The van der Waals surface area contributed by atoms with E-state index in [1.54, 1.807) is 13.8 Å². The monoisotopic (exact) mass is 400 g/mol. The molecule has 0 aliphatic rings. The van der Waals surface area contributed by atoms with Crippen molar-refractivity contribution in [2.45, 2.75) is 19.9 Å². The Labute approximate surface area is 150 Å². The molecule has 0 saturated carbocycles. The van der Waals surface area contributed by atoms with Crippen LogP contribution in [-0.2, 0) is 22.9 Å². The highest BCUT2D eigenvalue weighted by Crippen LogP contribution is 2.47. The van der Waals surface area contributed by atoms with Gasteiger partial charge in [0.25, 0.3) is 5.91 Å². The van der Waals surface area contributed by atoms with Crippen LogP contribution in [0.25, 0.3) is 0 Å². The number of phosphoric ester groups is 1. The highest BCUT2D eigenvalue weighted by atomic mass is 35.5. The second-order valence-corrected chi connectivity index (χ2v) is 7.40.